The van der Waals surface area contributed by atoms with Crippen LogP contribution in [0.1, 0.15) is 10.4 Å². The van der Waals surface area contributed by atoms with Crippen molar-refractivity contribution in [2.45, 2.75) is 12.4 Å². The zero-order chi connectivity index (χ0) is 17.6. The fourth-order valence-electron chi connectivity index (χ4n) is 1.48. The molecular weight excluding hydrogens is 323 g/mol. The zero-order valence-corrected chi connectivity index (χ0v) is 11.6. The van der Waals surface area contributed by atoms with Crippen LogP contribution < -0.4 is 20.9 Å². The van der Waals surface area contributed by atoms with E-state index < -0.39 is 35.9 Å². The SMILES string of the molecule is CNC(=O)C(NC(=O)c1ccc(OC(F)(F)F)cc1)C(=O)NO. The Morgan fingerprint density at radius 2 is 1.70 bits per heavy atom. The van der Waals surface area contributed by atoms with Gasteiger partial charge in [0.1, 0.15) is 5.75 Å². The summed E-state index contributed by atoms with van der Waals surface area (Å²) >= 11 is 0. The molecule has 0 aliphatic heterocycles. The van der Waals surface area contributed by atoms with Crippen LogP contribution in [-0.2, 0) is 9.59 Å². The molecule has 0 aromatic heterocycles. The number of hydrogen-bond donors (Lipinski definition) is 4. The first-order valence-electron chi connectivity index (χ1n) is 6.00. The maximum Gasteiger partial charge on any atom is 0.573 e. The summed E-state index contributed by atoms with van der Waals surface area (Å²) in [5.41, 5.74) is 1.09. The highest BCUT2D eigenvalue weighted by Gasteiger charge is 2.31. The van der Waals surface area contributed by atoms with Crippen LogP contribution in [0.25, 0.3) is 0 Å². The molecule has 0 saturated heterocycles. The van der Waals surface area contributed by atoms with Gasteiger partial charge < -0.3 is 15.4 Å². The first-order valence-corrected chi connectivity index (χ1v) is 6.00. The minimum absolute atomic E-state index is 0.126. The Bertz CT molecular complexity index is 573. The third-order valence-corrected chi connectivity index (χ3v) is 2.51. The maximum atomic E-state index is 12.0. The highest BCUT2D eigenvalue weighted by atomic mass is 19.4. The van der Waals surface area contributed by atoms with E-state index in [9.17, 15) is 27.6 Å². The molecule has 1 unspecified atom stereocenters. The van der Waals surface area contributed by atoms with Gasteiger partial charge in [-0.2, -0.15) is 0 Å². The number of hydroxylamine groups is 1. The molecule has 3 amide bonds. The summed E-state index contributed by atoms with van der Waals surface area (Å²) < 4.78 is 39.7. The standard InChI is InChI=1S/C12H12F3N3O5/c1-16-10(20)8(11(21)18-22)17-9(19)6-2-4-7(5-3-6)23-12(13,14)15/h2-5,8,22H,1H3,(H,16,20)(H,17,19)(H,18,21). The normalized spacial score (nSPS) is 12.0. The summed E-state index contributed by atoms with van der Waals surface area (Å²) in [6, 6.07) is 2.08. The first-order chi connectivity index (χ1) is 10.7. The second kappa shape index (κ2) is 7.45. The summed E-state index contributed by atoms with van der Waals surface area (Å²) in [6.45, 7) is 0. The van der Waals surface area contributed by atoms with E-state index >= 15 is 0 Å². The van der Waals surface area contributed by atoms with E-state index in [1.807, 2.05) is 5.32 Å². The predicted molar refractivity (Wildman–Crippen MR) is 68.4 cm³/mol. The van der Waals surface area contributed by atoms with Crippen LogP contribution in [0.5, 0.6) is 5.75 Å². The van der Waals surface area contributed by atoms with Crippen molar-refractivity contribution in [2.24, 2.45) is 0 Å². The van der Waals surface area contributed by atoms with Crippen LogP contribution in [0.15, 0.2) is 24.3 Å². The minimum Gasteiger partial charge on any atom is -0.406 e. The van der Waals surface area contributed by atoms with Crippen LogP contribution in [0.2, 0.25) is 0 Å². The van der Waals surface area contributed by atoms with Crippen molar-refractivity contribution in [3.8, 4) is 5.75 Å². The molecule has 11 heteroatoms. The number of benzene rings is 1. The van der Waals surface area contributed by atoms with Crippen molar-refractivity contribution in [3.05, 3.63) is 29.8 Å². The largest absolute Gasteiger partial charge is 0.573 e. The molecule has 0 saturated carbocycles. The van der Waals surface area contributed by atoms with Crippen molar-refractivity contribution in [1.29, 1.82) is 0 Å². The topological polar surface area (TPSA) is 117 Å². The number of nitrogens with one attached hydrogen (secondary N) is 3. The van der Waals surface area contributed by atoms with Gasteiger partial charge in [0, 0.05) is 12.6 Å². The van der Waals surface area contributed by atoms with Gasteiger partial charge in [0.05, 0.1) is 0 Å². The molecule has 1 atom stereocenters. The van der Waals surface area contributed by atoms with Crippen LogP contribution in [0, 0.1) is 0 Å². The summed E-state index contributed by atoms with van der Waals surface area (Å²) in [7, 11) is 1.20. The fourth-order valence-corrected chi connectivity index (χ4v) is 1.48. The van der Waals surface area contributed by atoms with E-state index in [0.29, 0.717) is 0 Å². The molecule has 0 aliphatic rings. The Hall–Kier alpha value is -2.82. The molecule has 0 radical (unpaired) electrons. The van der Waals surface area contributed by atoms with E-state index in [1.165, 1.54) is 12.5 Å². The first kappa shape index (κ1) is 18.2. The number of rotatable bonds is 5. The third kappa shape index (κ3) is 5.47. The molecule has 0 heterocycles. The molecule has 0 bridgehead atoms. The van der Waals surface area contributed by atoms with E-state index in [1.54, 1.807) is 0 Å². The lowest BCUT2D eigenvalue weighted by Crippen LogP contribution is -2.54. The molecule has 4 N–H and O–H groups in total. The Morgan fingerprint density at radius 3 is 2.13 bits per heavy atom. The third-order valence-electron chi connectivity index (χ3n) is 2.51. The highest BCUT2D eigenvalue weighted by molar-refractivity contribution is 6.08. The van der Waals surface area contributed by atoms with Crippen LogP contribution >= 0.6 is 0 Å². The van der Waals surface area contributed by atoms with Gasteiger partial charge in [0.2, 0.25) is 0 Å². The lowest BCUT2D eigenvalue weighted by atomic mass is 10.1. The van der Waals surface area contributed by atoms with Gasteiger partial charge >= 0.3 is 6.36 Å². The van der Waals surface area contributed by atoms with Crippen molar-refractivity contribution in [1.82, 2.24) is 16.1 Å². The Kier molecular flexibility index (Phi) is 5.90. The lowest BCUT2D eigenvalue weighted by Gasteiger charge is -2.15. The van der Waals surface area contributed by atoms with Crippen molar-refractivity contribution >= 4 is 17.7 Å². The van der Waals surface area contributed by atoms with Gasteiger partial charge in [0.25, 0.3) is 17.7 Å². The molecule has 0 spiro atoms. The molecule has 126 valence electrons. The molecule has 0 aliphatic carbocycles. The molecule has 1 aromatic carbocycles. The van der Waals surface area contributed by atoms with Gasteiger partial charge in [-0.05, 0) is 24.3 Å². The number of hydrogen-bond acceptors (Lipinski definition) is 5. The number of carbonyl (C=O) groups excluding carboxylic acids is 3. The molecule has 1 rings (SSSR count). The van der Waals surface area contributed by atoms with Gasteiger partial charge in [-0.15, -0.1) is 13.2 Å². The second-order valence-electron chi connectivity index (χ2n) is 4.07. The van der Waals surface area contributed by atoms with E-state index in [2.05, 4.69) is 10.1 Å². The smallest absolute Gasteiger partial charge is 0.406 e. The molecule has 8 nitrogen and oxygen atoms in total. The number of likely N-dealkylation sites (N-methyl/N-ethyl adjacent to an activating group) is 1. The average Bonchev–Trinajstić information content (AvgIpc) is 2.50. The number of carbonyl (C=O) groups is 3. The molecule has 1 aromatic rings. The molecule has 0 fully saturated rings. The monoisotopic (exact) mass is 335 g/mol. The Morgan fingerprint density at radius 1 is 1.13 bits per heavy atom. The second-order valence-corrected chi connectivity index (χ2v) is 4.07. The minimum atomic E-state index is -4.87. The zero-order valence-electron chi connectivity index (χ0n) is 11.6. The van der Waals surface area contributed by atoms with E-state index in [-0.39, 0.29) is 5.56 Å². The summed E-state index contributed by atoms with van der Waals surface area (Å²) in [6.07, 6.45) is -4.87. The van der Waals surface area contributed by atoms with Crippen LogP contribution in [-0.4, -0.2) is 42.4 Å². The average molecular weight is 335 g/mol. The van der Waals surface area contributed by atoms with Gasteiger partial charge in [0.15, 0.2) is 6.04 Å². The highest BCUT2D eigenvalue weighted by Crippen LogP contribution is 2.22. The van der Waals surface area contributed by atoms with Crippen molar-refractivity contribution in [2.75, 3.05) is 7.05 Å². The summed E-state index contributed by atoms with van der Waals surface area (Å²) in [5.74, 6) is -3.54. The summed E-state index contributed by atoms with van der Waals surface area (Å²) in [5, 5.41) is 12.6. The fraction of sp³-hybridized carbons (Fsp3) is 0.250. The van der Waals surface area contributed by atoms with E-state index in [4.69, 9.17) is 5.21 Å². The van der Waals surface area contributed by atoms with Crippen LogP contribution in [0.3, 0.4) is 0 Å². The van der Waals surface area contributed by atoms with Gasteiger partial charge in [-0.1, -0.05) is 0 Å². The maximum absolute atomic E-state index is 12.0. The molecule has 23 heavy (non-hydrogen) atoms. The number of ether oxygens (including phenoxy) is 1. The predicted octanol–water partition coefficient (Wildman–Crippen LogP) is -0.0650. The van der Waals surface area contributed by atoms with Crippen LogP contribution in [0.4, 0.5) is 13.2 Å². The number of amides is 3. The number of alkyl halides is 3. The quantitative estimate of drug-likeness (QED) is 0.342. The van der Waals surface area contributed by atoms with Gasteiger partial charge in [-0.25, -0.2) is 5.48 Å². The van der Waals surface area contributed by atoms with Crippen molar-refractivity contribution in [3.63, 3.8) is 0 Å². The van der Waals surface area contributed by atoms with Crippen molar-refractivity contribution < 1.29 is 37.5 Å². The van der Waals surface area contributed by atoms with Gasteiger partial charge in [-0.3, -0.25) is 19.6 Å². The Labute approximate surface area is 127 Å². The Balaban J connectivity index is 2.84. The summed E-state index contributed by atoms with van der Waals surface area (Å²) in [4.78, 5) is 34.6. The lowest BCUT2D eigenvalue weighted by molar-refractivity contribution is -0.274. The number of halogens is 3. The molecular formula is C12H12F3N3O5. The van der Waals surface area contributed by atoms with E-state index in [0.717, 1.165) is 24.3 Å².